The van der Waals surface area contributed by atoms with Crippen LogP contribution in [0, 0.1) is 29.6 Å². The summed E-state index contributed by atoms with van der Waals surface area (Å²) in [4.78, 5) is 1.58. The van der Waals surface area contributed by atoms with E-state index in [1.165, 1.54) is 32.1 Å². The Hall–Kier alpha value is -0.240. The van der Waals surface area contributed by atoms with Crippen molar-refractivity contribution in [1.82, 2.24) is 0 Å². The molecule has 0 spiro atoms. The molecule has 152 valence electrons. The fourth-order valence-electron chi connectivity index (χ4n) is 8.17. The van der Waals surface area contributed by atoms with E-state index in [9.17, 15) is 0 Å². The van der Waals surface area contributed by atoms with Crippen molar-refractivity contribution in [3.05, 3.63) is 0 Å². The third-order valence-electron chi connectivity index (χ3n) is 9.11. The SMILES string of the molecule is COC1C2C(CCC3OCOC32)C2CCC3CC4OCOC4CC3C2[NH+]1C. The van der Waals surface area contributed by atoms with Crippen LogP contribution < -0.4 is 4.90 Å². The van der Waals surface area contributed by atoms with Gasteiger partial charge in [-0.3, -0.25) is 0 Å². The highest BCUT2D eigenvalue weighted by molar-refractivity contribution is 5.04. The fourth-order valence-corrected chi connectivity index (χ4v) is 8.17. The van der Waals surface area contributed by atoms with E-state index in [1.54, 1.807) is 4.90 Å². The average Bonchev–Trinajstić information content (AvgIpc) is 3.34. The van der Waals surface area contributed by atoms with Crippen LogP contribution in [-0.4, -0.2) is 64.4 Å². The molecule has 3 aliphatic heterocycles. The van der Waals surface area contributed by atoms with Gasteiger partial charge in [-0.2, -0.15) is 0 Å². The van der Waals surface area contributed by atoms with Crippen molar-refractivity contribution in [1.29, 1.82) is 0 Å². The molecule has 0 aromatic rings. The Morgan fingerprint density at radius 3 is 2.37 bits per heavy atom. The van der Waals surface area contributed by atoms with Crippen molar-refractivity contribution < 1.29 is 28.6 Å². The lowest BCUT2D eigenvalue weighted by atomic mass is 9.54. The highest BCUT2D eigenvalue weighted by Crippen LogP contribution is 2.53. The molecule has 12 atom stereocenters. The number of fused-ring (bicyclic) bond motifs is 8. The molecule has 0 aromatic carbocycles. The second kappa shape index (κ2) is 6.64. The van der Waals surface area contributed by atoms with Crippen LogP contribution in [0.25, 0.3) is 0 Å². The highest BCUT2D eigenvalue weighted by atomic mass is 16.7. The van der Waals surface area contributed by atoms with Crippen LogP contribution in [0.15, 0.2) is 0 Å². The van der Waals surface area contributed by atoms with Crippen LogP contribution in [0.3, 0.4) is 0 Å². The summed E-state index contributed by atoms with van der Waals surface area (Å²) in [7, 11) is 4.28. The van der Waals surface area contributed by atoms with E-state index in [0.29, 0.717) is 43.7 Å². The van der Waals surface area contributed by atoms with Crippen molar-refractivity contribution in [2.24, 2.45) is 29.6 Å². The van der Waals surface area contributed by atoms with Crippen molar-refractivity contribution >= 4 is 0 Å². The van der Waals surface area contributed by atoms with Gasteiger partial charge in [-0.05, 0) is 50.4 Å². The summed E-state index contributed by atoms with van der Waals surface area (Å²) < 4.78 is 29.9. The topological polar surface area (TPSA) is 50.6 Å². The summed E-state index contributed by atoms with van der Waals surface area (Å²) >= 11 is 0. The molecule has 6 heteroatoms. The van der Waals surface area contributed by atoms with Gasteiger partial charge in [0.1, 0.15) is 13.6 Å². The molecule has 6 fully saturated rings. The zero-order chi connectivity index (χ0) is 18.1. The summed E-state index contributed by atoms with van der Waals surface area (Å²) in [6.07, 6.45) is 8.89. The quantitative estimate of drug-likeness (QED) is 0.729. The van der Waals surface area contributed by atoms with Gasteiger partial charge in [-0.25, -0.2) is 0 Å². The van der Waals surface area contributed by atoms with Crippen molar-refractivity contribution in [2.75, 3.05) is 27.7 Å². The first kappa shape index (κ1) is 17.6. The van der Waals surface area contributed by atoms with E-state index in [2.05, 4.69) is 7.05 Å². The maximum atomic E-state index is 6.17. The first-order valence-electron chi connectivity index (χ1n) is 11.1. The second-order valence-electron chi connectivity index (χ2n) is 9.86. The van der Waals surface area contributed by atoms with E-state index >= 15 is 0 Å². The van der Waals surface area contributed by atoms with Crippen LogP contribution in [0.1, 0.15) is 38.5 Å². The summed E-state index contributed by atoms with van der Waals surface area (Å²) in [5, 5.41) is 0. The van der Waals surface area contributed by atoms with Gasteiger partial charge in [0.15, 0.2) is 6.23 Å². The third-order valence-corrected chi connectivity index (χ3v) is 9.11. The highest BCUT2D eigenvalue weighted by Gasteiger charge is 2.62. The Balaban J connectivity index is 1.32. The van der Waals surface area contributed by atoms with Gasteiger partial charge in [-0.1, -0.05) is 0 Å². The Morgan fingerprint density at radius 2 is 1.52 bits per heavy atom. The summed E-state index contributed by atoms with van der Waals surface area (Å²) in [6.45, 7) is 0.963. The van der Waals surface area contributed by atoms with Gasteiger partial charge < -0.3 is 28.6 Å². The molecule has 0 aromatic heterocycles. The van der Waals surface area contributed by atoms with Crippen LogP contribution in [0.4, 0.5) is 0 Å². The lowest BCUT2D eigenvalue weighted by molar-refractivity contribution is -0.975. The molecule has 12 unspecified atom stereocenters. The van der Waals surface area contributed by atoms with Crippen LogP contribution in [0.5, 0.6) is 0 Å². The van der Waals surface area contributed by atoms with Gasteiger partial charge in [0.25, 0.3) is 0 Å². The number of hydrogen-bond acceptors (Lipinski definition) is 5. The fraction of sp³-hybridized carbons (Fsp3) is 1.00. The standard InChI is InChI=1S/C21H33NO5/c1-22-19-13(4-3-11-7-16-17(8-14(11)19)26-9-25-16)12-5-6-15-20(27-10-24-15)18(12)21(22)23-2/h11-21H,3-10H2,1-2H3/p+1. The second-order valence-corrected chi connectivity index (χ2v) is 9.86. The van der Waals surface area contributed by atoms with Gasteiger partial charge in [-0.15, -0.1) is 0 Å². The minimum Gasteiger partial charge on any atom is -0.349 e. The average molecular weight is 381 g/mol. The lowest BCUT2D eigenvalue weighted by Crippen LogP contribution is -3.21. The molecule has 6 nitrogen and oxygen atoms in total. The van der Waals surface area contributed by atoms with Crippen molar-refractivity contribution in [3.63, 3.8) is 0 Å². The maximum Gasteiger partial charge on any atom is 0.197 e. The van der Waals surface area contributed by atoms with Crippen LogP contribution >= 0.6 is 0 Å². The third kappa shape index (κ3) is 2.53. The molecule has 0 amide bonds. The maximum absolute atomic E-state index is 6.17. The number of rotatable bonds is 1. The Morgan fingerprint density at radius 1 is 0.778 bits per heavy atom. The monoisotopic (exact) mass is 380 g/mol. The molecule has 3 aliphatic carbocycles. The Bertz CT molecular complexity index is 575. The molecule has 6 aliphatic rings. The molecule has 3 saturated heterocycles. The van der Waals surface area contributed by atoms with Crippen LogP contribution in [-0.2, 0) is 23.7 Å². The lowest BCUT2D eigenvalue weighted by Gasteiger charge is -2.59. The van der Waals surface area contributed by atoms with E-state index in [1.807, 2.05) is 7.11 Å². The number of piperidine rings is 1. The Kier molecular flexibility index (Phi) is 4.33. The number of hydrogen-bond donors (Lipinski definition) is 1. The predicted molar refractivity (Wildman–Crippen MR) is 95.8 cm³/mol. The predicted octanol–water partition coefficient (Wildman–Crippen LogP) is 0.801. The van der Waals surface area contributed by atoms with E-state index in [0.717, 1.165) is 24.2 Å². The molecule has 27 heavy (non-hydrogen) atoms. The largest absolute Gasteiger partial charge is 0.349 e. The van der Waals surface area contributed by atoms with Gasteiger partial charge in [0, 0.05) is 18.9 Å². The Labute approximate surface area is 161 Å². The van der Waals surface area contributed by atoms with E-state index in [-0.39, 0.29) is 18.4 Å². The minimum absolute atomic E-state index is 0.211. The van der Waals surface area contributed by atoms with E-state index in [4.69, 9.17) is 23.7 Å². The number of nitrogens with one attached hydrogen (secondary N) is 1. The molecular formula is C21H34NO5+. The molecular weight excluding hydrogens is 346 g/mol. The number of quaternary nitrogens is 1. The molecule has 1 N–H and O–H groups in total. The van der Waals surface area contributed by atoms with Crippen molar-refractivity contribution in [2.45, 2.75) is 75.2 Å². The first-order chi connectivity index (χ1) is 13.3. The summed E-state index contributed by atoms with van der Waals surface area (Å²) in [6, 6.07) is 0.680. The zero-order valence-electron chi connectivity index (χ0n) is 16.5. The molecule has 3 saturated carbocycles. The van der Waals surface area contributed by atoms with Crippen LogP contribution in [0.2, 0.25) is 0 Å². The zero-order valence-corrected chi connectivity index (χ0v) is 16.5. The summed E-state index contributed by atoms with van der Waals surface area (Å²) in [5.41, 5.74) is 0. The van der Waals surface area contributed by atoms with Gasteiger partial charge in [0.2, 0.25) is 0 Å². The van der Waals surface area contributed by atoms with E-state index < -0.39 is 0 Å². The van der Waals surface area contributed by atoms with Gasteiger partial charge in [0.05, 0.1) is 43.4 Å². The smallest absolute Gasteiger partial charge is 0.197 e. The molecule has 6 rings (SSSR count). The summed E-state index contributed by atoms with van der Waals surface area (Å²) in [5.74, 6) is 3.50. The number of ether oxygens (including phenoxy) is 5. The number of likely N-dealkylation sites (tertiary alicyclic amines) is 1. The van der Waals surface area contributed by atoms with Gasteiger partial charge >= 0.3 is 0 Å². The molecule has 3 heterocycles. The number of methoxy groups -OCH3 is 1. The molecule has 0 radical (unpaired) electrons. The minimum atomic E-state index is 0.211. The molecule has 0 bridgehead atoms. The normalized spacial score (nSPS) is 59.3. The first-order valence-corrected chi connectivity index (χ1v) is 11.1. The van der Waals surface area contributed by atoms with Crippen molar-refractivity contribution in [3.8, 4) is 0 Å².